The summed E-state index contributed by atoms with van der Waals surface area (Å²) < 4.78 is 57.3. The Bertz CT molecular complexity index is 1500. The Morgan fingerprint density at radius 2 is 1.76 bits per heavy atom. The summed E-state index contributed by atoms with van der Waals surface area (Å²) in [5.41, 5.74) is 2.19. The lowest BCUT2D eigenvalue weighted by molar-refractivity contribution is -0.269. The number of halogens is 6. The predicted molar refractivity (Wildman–Crippen MR) is 148 cm³/mol. The number of carbonyl (C=O) groups is 1. The minimum Gasteiger partial charge on any atom is -0.327 e. The zero-order valence-electron chi connectivity index (χ0n) is 21.5. The minimum atomic E-state index is -4.97. The maximum atomic E-state index is 14.5. The maximum Gasteiger partial charge on any atom is 0.428 e. The first-order chi connectivity index (χ1) is 19.6. The van der Waals surface area contributed by atoms with E-state index in [2.05, 4.69) is 16.3 Å². The first-order valence-corrected chi connectivity index (χ1v) is 13.6. The molecule has 5 rings (SSSR count). The van der Waals surface area contributed by atoms with Crippen molar-refractivity contribution in [3.63, 3.8) is 0 Å². The highest BCUT2D eigenvalue weighted by molar-refractivity contribution is 6.35. The Balaban J connectivity index is 1.40. The van der Waals surface area contributed by atoms with Gasteiger partial charge in [-0.3, -0.25) is 25.4 Å². The fourth-order valence-electron chi connectivity index (χ4n) is 5.10. The lowest BCUT2D eigenvalue weighted by Gasteiger charge is -2.28. The summed E-state index contributed by atoms with van der Waals surface area (Å²) in [7, 11) is 0. The Hall–Kier alpha value is -3.31. The van der Waals surface area contributed by atoms with Crippen molar-refractivity contribution in [2.45, 2.75) is 37.5 Å². The summed E-state index contributed by atoms with van der Waals surface area (Å²) in [5, 5.41) is 2.50. The third kappa shape index (κ3) is 5.88. The van der Waals surface area contributed by atoms with Gasteiger partial charge in [0, 0.05) is 29.1 Å². The quantitative estimate of drug-likeness (QED) is 0.107. The first-order valence-electron chi connectivity index (χ1n) is 12.8. The van der Waals surface area contributed by atoms with E-state index in [1.54, 1.807) is 24.3 Å². The van der Waals surface area contributed by atoms with E-state index in [1.165, 1.54) is 37.4 Å². The standard InChI is InChI=1S/C29H25Cl2F4N3O3/c30-23-13-18(14-24(31)26(23)32)28(29(33,34)35)15-25(38-41-28)21-9-10-22(20-8-4-3-7-19(20)21)27(39)36-11-12-37-40-16-17-5-1-2-6-17/h3-4,7-15,17,37-38H,1-2,5-6,16H2,(H,36,39). The fraction of sp³-hybridized carbons (Fsp3) is 0.276. The van der Waals surface area contributed by atoms with Crippen molar-refractivity contribution < 1.29 is 32.0 Å². The lowest BCUT2D eigenvalue weighted by Crippen LogP contribution is -2.42. The number of hydrogen-bond donors (Lipinski definition) is 3. The summed E-state index contributed by atoms with van der Waals surface area (Å²) in [6, 6.07) is 11.5. The molecule has 1 heterocycles. The second-order valence-corrected chi connectivity index (χ2v) is 10.7. The molecular weight excluding hydrogens is 585 g/mol. The van der Waals surface area contributed by atoms with Gasteiger partial charge in [-0.2, -0.15) is 13.2 Å². The Morgan fingerprint density at radius 1 is 1.07 bits per heavy atom. The van der Waals surface area contributed by atoms with Crippen molar-refractivity contribution in [1.29, 1.82) is 0 Å². The maximum absolute atomic E-state index is 14.5. The second-order valence-electron chi connectivity index (χ2n) is 9.84. The number of fused-ring (bicyclic) bond motifs is 1. The van der Waals surface area contributed by atoms with Crippen LogP contribution in [0.2, 0.25) is 10.0 Å². The van der Waals surface area contributed by atoms with E-state index in [0.717, 1.165) is 31.1 Å². The van der Waals surface area contributed by atoms with Gasteiger partial charge in [0.1, 0.15) is 0 Å². The van der Waals surface area contributed by atoms with Gasteiger partial charge in [-0.05, 0) is 53.8 Å². The molecule has 1 amide bonds. The van der Waals surface area contributed by atoms with E-state index in [1.807, 2.05) is 0 Å². The average molecular weight is 610 g/mol. The third-order valence-electron chi connectivity index (χ3n) is 7.21. The van der Waals surface area contributed by atoms with Crippen LogP contribution in [0.4, 0.5) is 17.6 Å². The summed E-state index contributed by atoms with van der Waals surface area (Å²) in [6.45, 7) is 0.592. The van der Waals surface area contributed by atoms with E-state index < -0.39 is 39.1 Å². The van der Waals surface area contributed by atoms with Crippen LogP contribution in [0, 0.1) is 11.7 Å². The molecule has 1 saturated carbocycles. The number of nitrogens with one attached hydrogen (secondary N) is 3. The first kappa shape index (κ1) is 29.2. The smallest absolute Gasteiger partial charge is 0.327 e. The molecule has 12 heteroatoms. The minimum absolute atomic E-state index is 0.00874. The summed E-state index contributed by atoms with van der Waals surface area (Å²) in [6.07, 6.45) is 3.48. The van der Waals surface area contributed by atoms with Crippen LogP contribution in [-0.4, -0.2) is 18.7 Å². The van der Waals surface area contributed by atoms with Crippen LogP contribution in [0.25, 0.3) is 16.5 Å². The average Bonchev–Trinajstić information content (AvgIpc) is 3.64. The van der Waals surface area contributed by atoms with Crippen LogP contribution in [0.1, 0.15) is 47.2 Å². The van der Waals surface area contributed by atoms with Crippen LogP contribution in [0.3, 0.4) is 0 Å². The molecule has 216 valence electrons. The molecular formula is C29H25Cl2F4N3O3. The van der Waals surface area contributed by atoms with Crippen LogP contribution in [0.5, 0.6) is 0 Å². The molecule has 0 bridgehead atoms. The topological polar surface area (TPSA) is 71.6 Å². The molecule has 6 nitrogen and oxygen atoms in total. The second kappa shape index (κ2) is 11.9. The molecule has 2 aliphatic rings. The molecule has 0 spiro atoms. The summed E-state index contributed by atoms with van der Waals surface area (Å²) in [5.74, 6) is -0.920. The Labute approximate surface area is 243 Å². The molecule has 0 saturated heterocycles. The zero-order chi connectivity index (χ0) is 29.2. The van der Waals surface area contributed by atoms with E-state index in [9.17, 15) is 22.4 Å². The van der Waals surface area contributed by atoms with Crippen LogP contribution in [0.15, 0.2) is 67.0 Å². The highest BCUT2D eigenvalue weighted by atomic mass is 35.5. The van der Waals surface area contributed by atoms with E-state index in [-0.39, 0.29) is 5.70 Å². The molecule has 1 fully saturated rings. The Kier molecular flexibility index (Phi) is 8.47. The molecule has 1 aliphatic carbocycles. The number of alkyl halides is 3. The lowest BCUT2D eigenvalue weighted by atomic mass is 9.90. The molecule has 3 N–H and O–H groups in total. The van der Waals surface area contributed by atoms with Gasteiger partial charge in [-0.25, -0.2) is 4.39 Å². The summed E-state index contributed by atoms with van der Waals surface area (Å²) >= 11 is 11.6. The monoisotopic (exact) mass is 609 g/mol. The van der Waals surface area contributed by atoms with E-state index in [4.69, 9.17) is 32.9 Å². The van der Waals surface area contributed by atoms with E-state index >= 15 is 0 Å². The number of hydroxylamine groups is 2. The van der Waals surface area contributed by atoms with Crippen LogP contribution < -0.4 is 16.3 Å². The highest BCUT2D eigenvalue weighted by Crippen LogP contribution is 2.49. The van der Waals surface area contributed by atoms with Crippen molar-refractivity contribution in [3.8, 4) is 0 Å². The van der Waals surface area contributed by atoms with Gasteiger partial charge in [-0.15, -0.1) is 0 Å². The SMILES string of the molecule is O=C(NC=CNOCC1CCCC1)c1ccc(C2=CC(c3cc(Cl)c(F)c(Cl)c3)(C(F)(F)F)ON2)c2ccccc12. The number of rotatable bonds is 8. The molecule has 0 aromatic heterocycles. The predicted octanol–water partition coefficient (Wildman–Crippen LogP) is 7.53. The van der Waals surface area contributed by atoms with Crippen LogP contribution >= 0.6 is 23.2 Å². The van der Waals surface area contributed by atoms with Gasteiger partial charge in [0.15, 0.2) is 5.82 Å². The van der Waals surface area contributed by atoms with E-state index in [0.29, 0.717) is 34.4 Å². The van der Waals surface area contributed by atoms with Crippen molar-refractivity contribution in [2.24, 2.45) is 5.92 Å². The molecule has 3 aromatic rings. The number of carbonyl (C=O) groups excluding carboxylic acids is 1. The fourth-order valence-corrected chi connectivity index (χ4v) is 5.59. The van der Waals surface area contributed by atoms with Crippen LogP contribution in [-0.2, 0) is 15.3 Å². The Morgan fingerprint density at radius 3 is 2.44 bits per heavy atom. The number of amides is 1. The molecule has 1 aliphatic heterocycles. The molecule has 41 heavy (non-hydrogen) atoms. The van der Waals surface area contributed by atoms with Crippen molar-refractivity contribution in [1.82, 2.24) is 16.3 Å². The van der Waals surface area contributed by atoms with Gasteiger partial charge in [0.2, 0.25) is 5.60 Å². The molecule has 1 atom stereocenters. The van der Waals surface area contributed by atoms with Crippen molar-refractivity contribution in [2.75, 3.05) is 6.61 Å². The van der Waals surface area contributed by atoms with Gasteiger partial charge < -0.3 is 5.32 Å². The molecule has 0 radical (unpaired) electrons. The molecule has 1 unspecified atom stereocenters. The highest BCUT2D eigenvalue weighted by Gasteiger charge is 2.60. The largest absolute Gasteiger partial charge is 0.428 e. The third-order valence-corrected chi connectivity index (χ3v) is 7.76. The van der Waals surface area contributed by atoms with Gasteiger partial charge >= 0.3 is 6.18 Å². The zero-order valence-corrected chi connectivity index (χ0v) is 23.0. The van der Waals surface area contributed by atoms with Crippen molar-refractivity contribution in [3.05, 3.63) is 99.6 Å². The van der Waals surface area contributed by atoms with Gasteiger partial charge in [0.05, 0.1) is 22.3 Å². The molecule has 3 aromatic carbocycles. The summed E-state index contributed by atoms with van der Waals surface area (Å²) in [4.78, 5) is 23.5. The number of benzene rings is 3. The van der Waals surface area contributed by atoms with Gasteiger partial charge in [0.25, 0.3) is 5.91 Å². The normalized spacial score (nSPS) is 19.5. The van der Waals surface area contributed by atoms with Gasteiger partial charge in [-0.1, -0.05) is 66.4 Å². The van der Waals surface area contributed by atoms with Crippen molar-refractivity contribution >= 4 is 45.6 Å². The number of hydrogen-bond acceptors (Lipinski definition) is 5.